The minimum Gasteiger partial charge on any atom is -0.475 e. The highest BCUT2D eigenvalue weighted by Crippen LogP contribution is 2.34. The Bertz CT molecular complexity index is 537. The molecule has 0 spiro atoms. The number of halogens is 3. The molecule has 4 fully saturated rings. The summed E-state index contributed by atoms with van der Waals surface area (Å²) in [6.45, 7) is 6.48. The zero-order valence-electron chi connectivity index (χ0n) is 17.1. The summed E-state index contributed by atoms with van der Waals surface area (Å²) < 4.78 is 55.0. The van der Waals surface area contributed by atoms with Crippen LogP contribution in [-0.4, -0.2) is 92.6 Å². The fourth-order valence-corrected chi connectivity index (χ4v) is 4.67. The van der Waals surface area contributed by atoms with Crippen molar-refractivity contribution in [3.05, 3.63) is 0 Å². The SMILES string of the molecule is C1CC(COC[C@@H]2CC[C@H]3[C@H](CCN3C3CCOC3)O2)CCO1.O=C(O)C(F)(F)F. The van der Waals surface area contributed by atoms with Crippen molar-refractivity contribution in [1.82, 2.24) is 4.90 Å². The summed E-state index contributed by atoms with van der Waals surface area (Å²) in [4.78, 5) is 11.6. The number of nitrogens with zero attached hydrogens (tertiary/aromatic N) is 1. The summed E-state index contributed by atoms with van der Waals surface area (Å²) in [5, 5.41) is 7.12. The van der Waals surface area contributed by atoms with Crippen molar-refractivity contribution in [3.63, 3.8) is 0 Å². The molecule has 1 unspecified atom stereocenters. The van der Waals surface area contributed by atoms with Gasteiger partial charge in [0.1, 0.15) is 0 Å². The van der Waals surface area contributed by atoms with Gasteiger partial charge in [-0.1, -0.05) is 0 Å². The average molecular weight is 439 g/mol. The van der Waals surface area contributed by atoms with Crippen LogP contribution < -0.4 is 0 Å². The summed E-state index contributed by atoms with van der Waals surface area (Å²) in [7, 11) is 0. The number of hydrogen-bond acceptors (Lipinski definition) is 6. The van der Waals surface area contributed by atoms with E-state index in [1.54, 1.807) is 0 Å². The first-order chi connectivity index (χ1) is 14.3. The highest BCUT2D eigenvalue weighted by molar-refractivity contribution is 5.73. The Labute approximate surface area is 174 Å². The summed E-state index contributed by atoms with van der Waals surface area (Å²) in [6, 6.07) is 1.25. The van der Waals surface area contributed by atoms with Crippen molar-refractivity contribution >= 4 is 5.97 Å². The van der Waals surface area contributed by atoms with Crippen molar-refractivity contribution in [3.8, 4) is 0 Å². The number of likely N-dealkylation sites (tertiary alicyclic amines) is 1. The molecule has 0 amide bonds. The molecule has 0 aromatic carbocycles. The molecule has 7 nitrogen and oxygen atoms in total. The molecule has 4 aliphatic rings. The number of rotatable bonds is 5. The van der Waals surface area contributed by atoms with E-state index in [0.717, 1.165) is 58.9 Å². The third-order valence-electron chi connectivity index (χ3n) is 6.29. The quantitative estimate of drug-likeness (QED) is 0.705. The van der Waals surface area contributed by atoms with Crippen LogP contribution in [0.2, 0.25) is 0 Å². The second-order valence-electron chi connectivity index (χ2n) is 8.38. The van der Waals surface area contributed by atoms with E-state index in [1.807, 2.05) is 0 Å². The summed E-state index contributed by atoms with van der Waals surface area (Å²) in [5.41, 5.74) is 0. The predicted molar refractivity (Wildman–Crippen MR) is 100 cm³/mol. The molecule has 4 atom stereocenters. The minimum absolute atomic E-state index is 0.302. The second kappa shape index (κ2) is 11.1. The highest BCUT2D eigenvalue weighted by atomic mass is 19.4. The molecule has 0 aliphatic carbocycles. The van der Waals surface area contributed by atoms with Crippen LogP contribution in [0.1, 0.15) is 38.5 Å². The molecule has 0 bridgehead atoms. The topological polar surface area (TPSA) is 77.5 Å². The normalized spacial score (nSPS) is 33.0. The molecule has 0 aromatic rings. The van der Waals surface area contributed by atoms with Gasteiger partial charge in [0, 0.05) is 45.1 Å². The van der Waals surface area contributed by atoms with E-state index in [-0.39, 0.29) is 0 Å². The number of carbonyl (C=O) groups is 1. The van der Waals surface area contributed by atoms with E-state index in [0.29, 0.717) is 30.2 Å². The average Bonchev–Trinajstić information content (AvgIpc) is 3.38. The number of fused-ring (bicyclic) bond motifs is 1. The minimum atomic E-state index is -5.08. The Morgan fingerprint density at radius 1 is 1.00 bits per heavy atom. The van der Waals surface area contributed by atoms with Crippen LogP contribution in [0.4, 0.5) is 13.2 Å². The van der Waals surface area contributed by atoms with Crippen molar-refractivity contribution in [2.24, 2.45) is 5.92 Å². The monoisotopic (exact) mass is 439 g/mol. The van der Waals surface area contributed by atoms with Gasteiger partial charge in [-0.25, -0.2) is 4.79 Å². The Morgan fingerprint density at radius 3 is 2.33 bits per heavy atom. The lowest BCUT2D eigenvalue weighted by atomic mass is 9.98. The van der Waals surface area contributed by atoms with Crippen molar-refractivity contribution in [1.29, 1.82) is 0 Å². The lowest BCUT2D eigenvalue weighted by Gasteiger charge is -2.38. The van der Waals surface area contributed by atoms with Gasteiger partial charge in [0.25, 0.3) is 0 Å². The smallest absolute Gasteiger partial charge is 0.475 e. The number of hydrogen-bond donors (Lipinski definition) is 1. The van der Waals surface area contributed by atoms with E-state index >= 15 is 0 Å². The molecule has 10 heteroatoms. The fourth-order valence-electron chi connectivity index (χ4n) is 4.67. The van der Waals surface area contributed by atoms with Crippen molar-refractivity contribution in [2.75, 3.05) is 46.2 Å². The molecule has 4 rings (SSSR count). The first kappa shape index (κ1) is 23.7. The molecule has 4 heterocycles. The van der Waals surface area contributed by atoms with Gasteiger partial charge in [-0.15, -0.1) is 0 Å². The molecule has 4 aliphatic heterocycles. The van der Waals surface area contributed by atoms with Gasteiger partial charge in [0.2, 0.25) is 0 Å². The Balaban J connectivity index is 0.000000318. The van der Waals surface area contributed by atoms with Crippen LogP contribution >= 0.6 is 0 Å². The van der Waals surface area contributed by atoms with Crippen molar-refractivity contribution in [2.45, 2.75) is 69.0 Å². The molecule has 4 saturated heterocycles. The third kappa shape index (κ3) is 6.78. The number of alkyl halides is 3. The molecular weight excluding hydrogens is 407 g/mol. The maximum absolute atomic E-state index is 10.6. The van der Waals surface area contributed by atoms with E-state index < -0.39 is 12.1 Å². The van der Waals surface area contributed by atoms with E-state index in [2.05, 4.69) is 4.90 Å². The van der Waals surface area contributed by atoms with Gasteiger partial charge in [-0.2, -0.15) is 13.2 Å². The van der Waals surface area contributed by atoms with Gasteiger partial charge in [-0.3, -0.25) is 4.90 Å². The molecular formula is C20H32F3NO6. The highest BCUT2D eigenvalue weighted by Gasteiger charge is 2.43. The zero-order chi connectivity index (χ0) is 21.6. The molecule has 1 N–H and O–H groups in total. The van der Waals surface area contributed by atoms with Crippen LogP contribution in [0.15, 0.2) is 0 Å². The maximum Gasteiger partial charge on any atom is 0.490 e. The largest absolute Gasteiger partial charge is 0.490 e. The van der Waals surface area contributed by atoms with E-state index in [4.69, 9.17) is 28.8 Å². The predicted octanol–water partition coefficient (Wildman–Crippen LogP) is 2.47. The van der Waals surface area contributed by atoms with Crippen LogP contribution in [0.3, 0.4) is 0 Å². The summed E-state index contributed by atoms with van der Waals surface area (Å²) in [6.07, 6.45) is 2.70. The number of ether oxygens (including phenoxy) is 4. The number of aliphatic carboxylic acids is 1. The Hall–Kier alpha value is -0.940. The molecule has 174 valence electrons. The Morgan fingerprint density at radius 2 is 1.70 bits per heavy atom. The molecule has 0 radical (unpaired) electrons. The summed E-state index contributed by atoms with van der Waals surface area (Å²) in [5.74, 6) is -2.07. The van der Waals surface area contributed by atoms with Crippen LogP contribution in [-0.2, 0) is 23.7 Å². The van der Waals surface area contributed by atoms with E-state index in [9.17, 15) is 13.2 Å². The van der Waals surface area contributed by atoms with Gasteiger partial charge in [0.15, 0.2) is 0 Å². The first-order valence-corrected chi connectivity index (χ1v) is 10.8. The molecule has 0 saturated carbocycles. The number of carboxylic acids is 1. The molecule has 30 heavy (non-hydrogen) atoms. The summed E-state index contributed by atoms with van der Waals surface area (Å²) >= 11 is 0. The van der Waals surface area contributed by atoms with Crippen molar-refractivity contribution < 1.29 is 42.0 Å². The second-order valence-corrected chi connectivity index (χ2v) is 8.38. The number of carboxylic acid groups (broad SMARTS) is 1. The zero-order valence-corrected chi connectivity index (χ0v) is 17.1. The third-order valence-corrected chi connectivity index (χ3v) is 6.29. The van der Waals surface area contributed by atoms with Crippen LogP contribution in [0, 0.1) is 5.92 Å². The maximum atomic E-state index is 10.6. The Kier molecular flexibility index (Phi) is 8.76. The van der Waals surface area contributed by atoms with Crippen LogP contribution in [0.25, 0.3) is 0 Å². The van der Waals surface area contributed by atoms with Gasteiger partial charge in [0.05, 0.1) is 25.4 Å². The van der Waals surface area contributed by atoms with Gasteiger partial charge in [-0.05, 0) is 44.4 Å². The van der Waals surface area contributed by atoms with Gasteiger partial charge < -0.3 is 24.1 Å². The lowest BCUT2D eigenvalue weighted by molar-refractivity contribution is -0.192. The fraction of sp³-hybridized carbons (Fsp3) is 0.950. The van der Waals surface area contributed by atoms with E-state index in [1.165, 1.54) is 25.8 Å². The van der Waals surface area contributed by atoms with Gasteiger partial charge >= 0.3 is 12.1 Å². The molecule has 0 aromatic heterocycles. The lowest BCUT2D eigenvalue weighted by Crippen LogP contribution is -2.47. The van der Waals surface area contributed by atoms with Crippen LogP contribution in [0.5, 0.6) is 0 Å². The standard InChI is InChI=1S/C18H31NO4.C2HF3O2/c1-2-17-18(3-7-19(17)15-6-10-21-12-15)23-16(1)13-22-11-14-4-8-20-9-5-14;3-2(4,5)1(6)7/h14-18H,1-13H2;(H,6,7)/t15?,16-,17-,18-;/m0./s1. The first-order valence-electron chi connectivity index (χ1n) is 10.8.